The largest absolute Gasteiger partial charge is 0.465 e. The van der Waals surface area contributed by atoms with Crippen LogP contribution in [0.1, 0.15) is 33.4 Å². The van der Waals surface area contributed by atoms with Crippen molar-refractivity contribution in [2.45, 2.75) is 24.2 Å². The van der Waals surface area contributed by atoms with Gasteiger partial charge in [0, 0.05) is 0 Å². The first-order chi connectivity index (χ1) is 12.3. The number of ether oxygens (including phenoxy) is 2. The highest BCUT2D eigenvalue weighted by atomic mass is 32.2. The maximum atomic E-state index is 12.5. The zero-order valence-electron chi connectivity index (χ0n) is 13.5. The molecule has 0 aliphatic rings. The monoisotopic (exact) mass is 388 g/mol. The topological polar surface area (TPSA) is 99.9 Å². The summed E-state index contributed by atoms with van der Waals surface area (Å²) in [6.45, 7) is 1.43. The fourth-order valence-electron chi connectivity index (χ4n) is 1.94. The van der Waals surface area contributed by atoms with E-state index in [1.807, 2.05) is 0 Å². The fraction of sp³-hybridized carbons (Fsp3) is 0.250. The van der Waals surface area contributed by atoms with E-state index in [1.165, 1.54) is 12.3 Å². The maximum absolute atomic E-state index is 12.5. The Kier molecular flexibility index (Phi) is 6.09. The Morgan fingerprint density at radius 3 is 2.31 bits per heavy atom. The van der Waals surface area contributed by atoms with Crippen LogP contribution in [-0.4, -0.2) is 32.7 Å². The summed E-state index contributed by atoms with van der Waals surface area (Å²) in [6, 6.07) is 5.23. The zero-order chi connectivity index (χ0) is 19.3. The molecular weight excluding hydrogens is 374 g/mol. The third kappa shape index (κ3) is 4.26. The van der Waals surface area contributed by atoms with E-state index in [0.29, 0.717) is 0 Å². The summed E-state index contributed by atoms with van der Waals surface area (Å²) in [6.07, 6.45) is 1.24. The van der Waals surface area contributed by atoms with Crippen molar-refractivity contribution in [1.82, 2.24) is 0 Å². The minimum absolute atomic E-state index is 0.0533. The van der Waals surface area contributed by atoms with E-state index in [0.717, 1.165) is 24.3 Å². The predicted octanol–water partition coefficient (Wildman–Crippen LogP) is 2.81. The zero-order valence-corrected chi connectivity index (χ0v) is 14.3. The highest BCUT2D eigenvalue weighted by Crippen LogP contribution is 2.19. The molecule has 0 fully saturated rings. The van der Waals surface area contributed by atoms with E-state index < -0.39 is 32.4 Å². The number of hydrogen-bond acceptors (Lipinski definition) is 7. The molecule has 2 rings (SSSR count). The first kappa shape index (κ1) is 19.6. The molecule has 140 valence electrons. The molecule has 26 heavy (non-hydrogen) atoms. The molecule has 0 unspecified atom stereocenters. The van der Waals surface area contributed by atoms with Crippen molar-refractivity contribution < 1.29 is 40.7 Å². The number of esters is 2. The Labute approximate surface area is 147 Å². The van der Waals surface area contributed by atoms with Crippen LogP contribution in [0.3, 0.4) is 0 Å². The molecule has 0 saturated carbocycles. The molecule has 0 radical (unpaired) electrons. The molecule has 1 heterocycles. The van der Waals surface area contributed by atoms with Gasteiger partial charge in [0.05, 0.1) is 23.3 Å². The van der Waals surface area contributed by atoms with Crippen molar-refractivity contribution >= 4 is 21.8 Å². The minimum Gasteiger partial charge on any atom is -0.465 e. The second kappa shape index (κ2) is 8.09. The molecule has 0 bridgehead atoms. The van der Waals surface area contributed by atoms with E-state index >= 15 is 0 Å². The van der Waals surface area contributed by atoms with Crippen LogP contribution in [0.5, 0.6) is 0 Å². The van der Waals surface area contributed by atoms with E-state index in [9.17, 15) is 26.8 Å². The third-order valence-corrected chi connectivity index (χ3v) is 4.63. The lowest BCUT2D eigenvalue weighted by molar-refractivity contribution is 0.0422. The molecule has 0 spiro atoms. The number of benzene rings is 1. The highest BCUT2D eigenvalue weighted by molar-refractivity contribution is 7.91. The quantitative estimate of drug-likeness (QED) is 0.673. The van der Waals surface area contributed by atoms with Gasteiger partial charge in [0.2, 0.25) is 9.84 Å². The summed E-state index contributed by atoms with van der Waals surface area (Å²) in [5.41, 5.74) is 0.0560. The van der Waals surface area contributed by atoms with Crippen molar-refractivity contribution in [1.29, 1.82) is 0 Å². The van der Waals surface area contributed by atoms with Gasteiger partial charge in [-0.25, -0.2) is 18.0 Å². The molecule has 0 atom stereocenters. The third-order valence-electron chi connectivity index (χ3n) is 3.23. The Balaban J connectivity index is 2.06. The first-order valence-corrected chi connectivity index (χ1v) is 8.84. The average molecular weight is 388 g/mol. The number of alkyl halides is 2. The average Bonchev–Trinajstić information content (AvgIpc) is 3.08. The van der Waals surface area contributed by atoms with Gasteiger partial charge in [-0.1, -0.05) is 0 Å². The van der Waals surface area contributed by atoms with Gasteiger partial charge in [0.1, 0.15) is 5.56 Å². The van der Waals surface area contributed by atoms with Crippen LogP contribution in [0.2, 0.25) is 0 Å². The number of rotatable bonds is 7. The number of carbonyl (C=O) groups is 2. The Bertz CT molecular complexity index is 886. The molecule has 0 aliphatic carbocycles. The van der Waals surface area contributed by atoms with E-state index in [-0.39, 0.29) is 30.1 Å². The van der Waals surface area contributed by atoms with Crippen LogP contribution in [0, 0.1) is 0 Å². The Morgan fingerprint density at radius 1 is 1.08 bits per heavy atom. The molecule has 0 saturated heterocycles. The molecule has 2 aromatic rings. The van der Waals surface area contributed by atoms with Crippen LogP contribution < -0.4 is 0 Å². The molecule has 1 aromatic heterocycles. The second-order valence-corrected chi connectivity index (χ2v) is 6.80. The van der Waals surface area contributed by atoms with Gasteiger partial charge in [-0.15, -0.1) is 0 Å². The fourth-order valence-corrected chi connectivity index (χ4v) is 2.66. The lowest BCUT2D eigenvalue weighted by Crippen LogP contribution is -2.12. The molecule has 0 amide bonds. The van der Waals surface area contributed by atoms with Gasteiger partial charge >= 0.3 is 17.7 Å². The number of hydrogen-bond donors (Lipinski definition) is 0. The summed E-state index contributed by atoms with van der Waals surface area (Å²) in [4.78, 5) is 23.0. The van der Waals surface area contributed by atoms with Gasteiger partial charge in [-0.05, 0) is 37.3 Å². The number of sulfone groups is 1. The lowest BCUT2D eigenvalue weighted by atomic mass is 10.2. The normalized spacial score (nSPS) is 11.4. The van der Waals surface area contributed by atoms with Crippen LogP contribution >= 0.6 is 0 Å². The van der Waals surface area contributed by atoms with Crippen molar-refractivity contribution in [2.75, 3.05) is 6.61 Å². The number of furan rings is 1. The molecule has 1 aromatic carbocycles. The Hall–Kier alpha value is -2.75. The summed E-state index contributed by atoms with van der Waals surface area (Å²) in [5.74, 6) is -4.96. The van der Waals surface area contributed by atoms with Gasteiger partial charge in [-0.2, -0.15) is 8.78 Å². The summed E-state index contributed by atoms with van der Waals surface area (Å²) in [5, 5.41) is 0. The standard InChI is InChI=1S/C16H14F2O7S/c1-2-23-15(20)12-7-8-24-13(12)9-25-14(19)10-3-5-11(6-4-10)26(21,22)16(17)18/h3-8,16H,2,9H2,1H3. The minimum atomic E-state index is -4.74. The van der Waals surface area contributed by atoms with Crippen LogP contribution in [0.15, 0.2) is 45.9 Å². The van der Waals surface area contributed by atoms with E-state index in [4.69, 9.17) is 13.9 Å². The summed E-state index contributed by atoms with van der Waals surface area (Å²) < 4.78 is 62.5. The van der Waals surface area contributed by atoms with Gasteiger partial charge in [-0.3, -0.25) is 0 Å². The molecule has 7 nitrogen and oxygen atoms in total. The lowest BCUT2D eigenvalue weighted by Gasteiger charge is -2.06. The highest BCUT2D eigenvalue weighted by Gasteiger charge is 2.26. The van der Waals surface area contributed by atoms with Crippen molar-refractivity contribution in [2.24, 2.45) is 0 Å². The summed E-state index contributed by atoms with van der Waals surface area (Å²) in [7, 11) is -4.74. The maximum Gasteiger partial charge on any atom is 0.341 e. The SMILES string of the molecule is CCOC(=O)c1ccoc1COC(=O)c1ccc(S(=O)(=O)C(F)F)cc1. The Morgan fingerprint density at radius 2 is 1.73 bits per heavy atom. The van der Waals surface area contributed by atoms with Gasteiger partial charge < -0.3 is 13.9 Å². The molecule has 0 N–H and O–H groups in total. The van der Waals surface area contributed by atoms with Crippen LogP contribution in [0.25, 0.3) is 0 Å². The molecule has 10 heteroatoms. The van der Waals surface area contributed by atoms with Gasteiger partial charge in [0.25, 0.3) is 0 Å². The number of carbonyl (C=O) groups excluding carboxylic acids is 2. The number of halogens is 2. The van der Waals surface area contributed by atoms with Crippen LogP contribution in [-0.2, 0) is 25.9 Å². The van der Waals surface area contributed by atoms with Crippen LogP contribution in [0.4, 0.5) is 8.78 Å². The smallest absolute Gasteiger partial charge is 0.341 e. The van der Waals surface area contributed by atoms with Crippen molar-refractivity contribution in [3.8, 4) is 0 Å². The molecular formula is C16H14F2O7S. The van der Waals surface area contributed by atoms with E-state index in [1.54, 1.807) is 6.92 Å². The molecule has 0 aliphatic heterocycles. The predicted molar refractivity (Wildman–Crippen MR) is 83.4 cm³/mol. The van der Waals surface area contributed by atoms with Gasteiger partial charge in [0.15, 0.2) is 12.4 Å². The summed E-state index contributed by atoms with van der Waals surface area (Å²) >= 11 is 0. The van der Waals surface area contributed by atoms with E-state index in [2.05, 4.69) is 0 Å². The second-order valence-electron chi connectivity index (χ2n) is 4.88. The first-order valence-electron chi connectivity index (χ1n) is 7.30. The van der Waals surface area contributed by atoms with Crippen molar-refractivity contribution in [3.63, 3.8) is 0 Å². The van der Waals surface area contributed by atoms with Crippen molar-refractivity contribution in [3.05, 3.63) is 53.5 Å².